The first-order valence-corrected chi connectivity index (χ1v) is 5.49. The lowest BCUT2D eigenvalue weighted by molar-refractivity contribution is 0.293. The van der Waals surface area contributed by atoms with Crippen molar-refractivity contribution in [2.45, 2.75) is 26.4 Å². The summed E-state index contributed by atoms with van der Waals surface area (Å²) in [6, 6.07) is 0.303. The Balaban J connectivity index is 1.92. The van der Waals surface area contributed by atoms with Gasteiger partial charge in [-0.1, -0.05) is 13.8 Å². The van der Waals surface area contributed by atoms with Gasteiger partial charge >= 0.3 is 0 Å². The zero-order valence-electron chi connectivity index (χ0n) is 9.35. The third-order valence-electron chi connectivity index (χ3n) is 3.19. The second-order valence-electron chi connectivity index (χ2n) is 4.73. The van der Waals surface area contributed by atoms with Crippen LogP contribution in [0, 0.1) is 11.8 Å². The van der Waals surface area contributed by atoms with E-state index in [4.69, 9.17) is 5.73 Å². The molecule has 84 valence electrons. The Morgan fingerprint density at radius 2 is 2.40 bits per heavy atom. The smallest absolute Gasteiger partial charge is 0.0964 e. The van der Waals surface area contributed by atoms with Gasteiger partial charge in [0.15, 0.2) is 0 Å². The molecule has 0 bridgehead atoms. The predicted octanol–water partition coefficient (Wildman–Crippen LogP) is 0.220. The number of hydrogen-bond acceptors (Lipinski definition) is 4. The van der Waals surface area contributed by atoms with E-state index in [0.717, 1.165) is 25.3 Å². The van der Waals surface area contributed by atoms with Gasteiger partial charge in [-0.3, -0.25) is 4.90 Å². The number of aromatic amines is 1. The molecule has 0 aromatic carbocycles. The topological polar surface area (TPSA) is 70.8 Å². The minimum absolute atomic E-state index is 0.303. The third-order valence-corrected chi connectivity index (χ3v) is 3.19. The van der Waals surface area contributed by atoms with Gasteiger partial charge < -0.3 is 5.73 Å². The number of rotatable bonds is 3. The molecule has 0 amide bonds. The Labute approximate surface area is 90.0 Å². The number of nitrogens with two attached hydrogens (primary N) is 1. The molecule has 0 aliphatic carbocycles. The zero-order valence-corrected chi connectivity index (χ0v) is 9.35. The van der Waals surface area contributed by atoms with Crippen LogP contribution in [0.4, 0.5) is 0 Å². The van der Waals surface area contributed by atoms with Crippen molar-refractivity contribution in [3.8, 4) is 0 Å². The van der Waals surface area contributed by atoms with Crippen molar-refractivity contribution in [3.05, 3.63) is 11.9 Å². The SMILES string of the molecule is CC(C)[C@H]1CN(Cc2cn[nH]n2)C[C@@H]1N. The van der Waals surface area contributed by atoms with Gasteiger partial charge in [0.2, 0.25) is 0 Å². The molecule has 1 aliphatic heterocycles. The number of likely N-dealkylation sites (tertiary alicyclic amines) is 1. The first kappa shape index (κ1) is 10.6. The molecule has 1 aliphatic rings. The standard InChI is InChI=1S/C10H19N5/c1-7(2)9-5-15(6-10(9)11)4-8-3-12-14-13-8/h3,7,9-10H,4-6,11H2,1-2H3,(H,12,13,14)/t9-,10+/m1/s1. The fourth-order valence-electron chi connectivity index (χ4n) is 2.31. The minimum Gasteiger partial charge on any atom is -0.326 e. The maximum Gasteiger partial charge on any atom is 0.0964 e. The fourth-order valence-corrected chi connectivity index (χ4v) is 2.31. The summed E-state index contributed by atoms with van der Waals surface area (Å²) in [4.78, 5) is 2.35. The molecule has 5 nitrogen and oxygen atoms in total. The number of nitrogens with zero attached hydrogens (tertiary/aromatic N) is 3. The summed E-state index contributed by atoms with van der Waals surface area (Å²) in [5.41, 5.74) is 7.11. The highest BCUT2D eigenvalue weighted by Gasteiger charge is 2.32. The molecule has 3 N–H and O–H groups in total. The van der Waals surface area contributed by atoms with E-state index in [2.05, 4.69) is 34.2 Å². The molecule has 2 atom stereocenters. The molecule has 0 unspecified atom stereocenters. The molecule has 1 aromatic heterocycles. The molecular formula is C10H19N5. The molecule has 0 spiro atoms. The first-order chi connectivity index (χ1) is 7.16. The minimum atomic E-state index is 0.303. The Kier molecular flexibility index (Phi) is 3.02. The van der Waals surface area contributed by atoms with E-state index in [9.17, 15) is 0 Å². The van der Waals surface area contributed by atoms with Gasteiger partial charge in [-0.25, -0.2) is 0 Å². The maximum atomic E-state index is 6.11. The Morgan fingerprint density at radius 1 is 1.60 bits per heavy atom. The monoisotopic (exact) mass is 209 g/mol. The highest BCUT2D eigenvalue weighted by atomic mass is 15.3. The van der Waals surface area contributed by atoms with Gasteiger partial charge in [-0.15, -0.1) is 0 Å². The molecule has 2 heterocycles. The molecular weight excluding hydrogens is 190 g/mol. The molecule has 1 aromatic rings. The molecule has 1 saturated heterocycles. The summed E-state index contributed by atoms with van der Waals surface area (Å²) in [5.74, 6) is 1.26. The van der Waals surface area contributed by atoms with Crippen LogP contribution in [0.5, 0.6) is 0 Å². The van der Waals surface area contributed by atoms with Crippen LogP contribution in [0.15, 0.2) is 6.20 Å². The van der Waals surface area contributed by atoms with Crippen molar-refractivity contribution in [1.82, 2.24) is 20.3 Å². The lowest BCUT2D eigenvalue weighted by Crippen LogP contribution is -2.32. The average molecular weight is 209 g/mol. The lowest BCUT2D eigenvalue weighted by Gasteiger charge is -2.18. The van der Waals surface area contributed by atoms with Crippen LogP contribution < -0.4 is 5.73 Å². The van der Waals surface area contributed by atoms with Crippen LogP contribution in [0.25, 0.3) is 0 Å². The predicted molar refractivity (Wildman–Crippen MR) is 58.0 cm³/mol. The van der Waals surface area contributed by atoms with Crippen molar-refractivity contribution in [2.75, 3.05) is 13.1 Å². The molecule has 2 rings (SSSR count). The molecule has 0 radical (unpaired) electrons. The lowest BCUT2D eigenvalue weighted by atomic mass is 9.92. The second kappa shape index (κ2) is 4.28. The van der Waals surface area contributed by atoms with E-state index in [1.165, 1.54) is 0 Å². The highest BCUT2D eigenvalue weighted by Crippen LogP contribution is 2.23. The summed E-state index contributed by atoms with van der Waals surface area (Å²) < 4.78 is 0. The van der Waals surface area contributed by atoms with Crippen LogP contribution in [0.2, 0.25) is 0 Å². The van der Waals surface area contributed by atoms with E-state index >= 15 is 0 Å². The Bertz CT molecular complexity index is 295. The van der Waals surface area contributed by atoms with Crippen LogP contribution >= 0.6 is 0 Å². The summed E-state index contributed by atoms with van der Waals surface area (Å²) in [5, 5.41) is 10.5. The van der Waals surface area contributed by atoms with E-state index < -0.39 is 0 Å². The number of aromatic nitrogens is 3. The zero-order chi connectivity index (χ0) is 10.8. The van der Waals surface area contributed by atoms with E-state index in [-0.39, 0.29) is 0 Å². The Morgan fingerprint density at radius 3 is 2.93 bits per heavy atom. The molecule has 0 saturated carbocycles. The summed E-state index contributed by atoms with van der Waals surface area (Å²) >= 11 is 0. The van der Waals surface area contributed by atoms with Crippen molar-refractivity contribution in [3.63, 3.8) is 0 Å². The highest BCUT2D eigenvalue weighted by molar-refractivity contribution is 4.95. The van der Waals surface area contributed by atoms with Gasteiger partial charge in [0.1, 0.15) is 0 Å². The maximum absolute atomic E-state index is 6.11. The number of hydrogen-bond donors (Lipinski definition) is 2. The van der Waals surface area contributed by atoms with Crippen molar-refractivity contribution < 1.29 is 0 Å². The first-order valence-electron chi connectivity index (χ1n) is 5.49. The quantitative estimate of drug-likeness (QED) is 0.747. The largest absolute Gasteiger partial charge is 0.326 e. The van der Waals surface area contributed by atoms with Crippen molar-refractivity contribution >= 4 is 0 Å². The van der Waals surface area contributed by atoms with Gasteiger partial charge in [0.25, 0.3) is 0 Å². The average Bonchev–Trinajstić information content (AvgIpc) is 2.75. The van der Waals surface area contributed by atoms with Crippen LogP contribution in [-0.4, -0.2) is 39.4 Å². The Hall–Kier alpha value is -0.940. The fraction of sp³-hybridized carbons (Fsp3) is 0.800. The number of H-pyrrole nitrogens is 1. The van der Waals surface area contributed by atoms with Crippen molar-refractivity contribution in [1.29, 1.82) is 0 Å². The van der Waals surface area contributed by atoms with Crippen LogP contribution in [0.3, 0.4) is 0 Å². The second-order valence-corrected chi connectivity index (χ2v) is 4.73. The summed E-state index contributed by atoms with van der Waals surface area (Å²) in [6.45, 7) is 7.38. The normalized spacial score (nSPS) is 27.7. The summed E-state index contributed by atoms with van der Waals surface area (Å²) in [6.07, 6.45) is 1.77. The van der Waals surface area contributed by atoms with Crippen LogP contribution in [-0.2, 0) is 6.54 Å². The van der Waals surface area contributed by atoms with Gasteiger partial charge in [0.05, 0.1) is 11.9 Å². The molecule has 5 heteroatoms. The van der Waals surface area contributed by atoms with E-state index in [0.29, 0.717) is 17.9 Å². The van der Waals surface area contributed by atoms with Gasteiger partial charge in [-0.05, 0) is 11.8 Å². The van der Waals surface area contributed by atoms with E-state index in [1.807, 2.05) is 0 Å². The number of nitrogens with one attached hydrogen (secondary N) is 1. The third kappa shape index (κ3) is 2.35. The van der Waals surface area contributed by atoms with Gasteiger partial charge in [-0.2, -0.15) is 15.4 Å². The van der Waals surface area contributed by atoms with Crippen molar-refractivity contribution in [2.24, 2.45) is 17.6 Å². The molecule has 1 fully saturated rings. The van der Waals surface area contributed by atoms with Crippen LogP contribution in [0.1, 0.15) is 19.5 Å². The van der Waals surface area contributed by atoms with Gasteiger partial charge in [0, 0.05) is 25.7 Å². The molecule has 15 heavy (non-hydrogen) atoms. The summed E-state index contributed by atoms with van der Waals surface area (Å²) in [7, 11) is 0. The van der Waals surface area contributed by atoms with E-state index in [1.54, 1.807) is 6.20 Å².